The topological polar surface area (TPSA) is 117 Å². The standard InChI is InChI=1S/C30H32N2O7/c1-17-27(30(34)39-22-9-4-5-10-22)28(19-7-6-8-21(13-19)32(35)36)29-23(31-17)14-20(15-24(29)33)18-11-12-25(37-2)26(16-18)38-3/h6-8,11-13,16,20,22,27-28,31H,1,4-5,9-10,14-15H2,2-3H3. The molecule has 0 amide bonds. The molecule has 1 heterocycles. The largest absolute Gasteiger partial charge is 0.493 e. The number of nitro benzene ring substituents is 1. The fourth-order valence-corrected chi connectivity index (χ4v) is 6.10. The number of nitrogens with one attached hydrogen (secondary N) is 1. The van der Waals surface area contributed by atoms with Crippen LogP contribution in [0.5, 0.6) is 11.5 Å². The van der Waals surface area contributed by atoms with E-state index >= 15 is 0 Å². The van der Waals surface area contributed by atoms with Gasteiger partial charge in [0.25, 0.3) is 5.69 Å². The summed E-state index contributed by atoms with van der Waals surface area (Å²) in [6, 6.07) is 11.8. The van der Waals surface area contributed by atoms with Crippen LogP contribution in [0.1, 0.15) is 61.5 Å². The van der Waals surface area contributed by atoms with Crippen molar-refractivity contribution >= 4 is 17.4 Å². The van der Waals surface area contributed by atoms with Gasteiger partial charge in [-0.3, -0.25) is 19.7 Å². The molecule has 0 spiro atoms. The minimum atomic E-state index is -0.882. The average Bonchev–Trinajstić information content (AvgIpc) is 3.44. The number of hydrogen-bond donors (Lipinski definition) is 1. The molecule has 1 saturated carbocycles. The molecular formula is C30H32N2O7. The van der Waals surface area contributed by atoms with Crippen molar-refractivity contribution < 1.29 is 28.7 Å². The maximum Gasteiger partial charge on any atom is 0.316 e. The fourth-order valence-electron chi connectivity index (χ4n) is 6.10. The molecule has 3 aliphatic rings. The second-order valence-corrected chi connectivity index (χ2v) is 10.3. The Hall–Kier alpha value is -4.14. The van der Waals surface area contributed by atoms with Crippen molar-refractivity contribution in [2.45, 2.75) is 56.5 Å². The second kappa shape index (κ2) is 10.9. The van der Waals surface area contributed by atoms with Crippen molar-refractivity contribution in [1.82, 2.24) is 5.32 Å². The number of ether oxygens (including phenoxy) is 3. The Kier molecular flexibility index (Phi) is 7.41. The molecule has 5 rings (SSSR count). The Morgan fingerprint density at radius 1 is 1.03 bits per heavy atom. The highest BCUT2D eigenvalue weighted by atomic mass is 16.6. The molecule has 2 aromatic carbocycles. The fraction of sp³-hybridized carbons (Fsp3) is 0.400. The van der Waals surface area contributed by atoms with Gasteiger partial charge in [0, 0.05) is 41.4 Å². The number of rotatable bonds is 7. The summed E-state index contributed by atoms with van der Waals surface area (Å²) >= 11 is 0. The van der Waals surface area contributed by atoms with Crippen LogP contribution in [0.2, 0.25) is 0 Å². The van der Waals surface area contributed by atoms with Crippen LogP contribution in [0.3, 0.4) is 0 Å². The molecule has 3 atom stereocenters. The molecule has 0 bridgehead atoms. The highest BCUT2D eigenvalue weighted by Crippen LogP contribution is 2.48. The van der Waals surface area contributed by atoms with Crippen molar-refractivity contribution in [3.8, 4) is 11.5 Å². The predicted molar refractivity (Wildman–Crippen MR) is 144 cm³/mol. The van der Waals surface area contributed by atoms with Gasteiger partial charge in [-0.2, -0.15) is 0 Å². The lowest BCUT2D eigenvalue weighted by Gasteiger charge is -2.40. The Bertz CT molecular complexity index is 1360. The van der Waals surface area contributed by atoms with Crippen LogP contribution in [0, 0.1) is 16.0 Å². The van der Waals surface area contributed by atoms with Crippen molar-refractivity contribution in [3.05, 3.63) is 87.3 Å². The predicted octanol–water partition coefficient (Wildman–Crippen LogP) is 5.32. The third-order valence-corrected chi connectivity index (χ3v) is 8.00. The molecule has 39 heavy (non-hydrogen) atoms. The first-order valence-electron chi connectivity index (χ1n) is 13.2. The second-order valence-electron chi connectivity index (χ2n) is 10.3. The Balaban J connectivity index is 1.55. The maximum absolute atomic E-state index is 13.8. The molecule has 3 unspecified atom stereocenters. The summed E-state index contributed by atoms with van der Waals surface area (Å²) in [5.74, 6) is -1.16. The van der Waals surface area contributed by atoms with Gasteiger partial charge >= 0.3 is 5.97 Å². The normalized spacial score (nSPS) is 23.2. The van der Waals surface area contributed by atoms with E-state index in [1.165, 1.54) is 12.1 Å². The third-order valence-electron chi connectivity index (χ3n) is 8.00. The first-order valence-corrected chi connectivity index (χ1v) is 13.2. The molecule has 2 aliphatic carbocycles. The summed E-state index contributed by atoms with van der Waals surface area (Å²) in [5, 5.41) is 14.8. The lowest BCUT2D eigenvalue weighted by atomic mass is 9.69. The van der Waals surface area contributed by atoms with E-state index in [-0.39, 0.29) is 29.9 Å². The van der Waals surface area contributed by atoms with E-state index in [0.717, 1.165) is 31.2 Å². The summed E-state index contributed by atoms with van der Waals surface area (Å²) in [5.41, 5.74) is 2.91. The zero-order valence-corrected chi connectivity index (χ0v) is 22.1. The molecule has 1 N–H and O–H groups in total. The number of non-ortho nitro benzene ring substituents is 1. The van der Waals surface area contributed by atoms with Crippen LogP contribution in [-0.4, -0.2) is 37.0 Å². The van der Waals surface area contributed by atoms with Gasteiger partial charge in [0.1, 0.15) is 12.0 Å². The van der Waals surface area contributed by atoms with Crippen LogP contribution < -0.4 is 14.8 Å². The van der Waals surface area contributed by atoms with Crippen LogP contribution in [0.25, 0.3) is 0 Å². The molecule has 9 nitrogen and oxygen atoms in total. The molecule has 0 saturated heterocycles. The molecule has 0 radical (unpaired) electrons. The van der Waals surface area contributed by atoms with E-state index in [9.17, 15) is 19.7 Å². The van der Waals surface area contributed by atoms with Gasteiger partial charge in [-0.25, -0.2) is 0 Å². The zero-order valence-electron chi connectivity index (χ0n) is 22.1. The van der Waals surface area contributed by atoms with Gasteiger partial charge in [0.2, 0.25) is 0 Å². The average molecular weight is 533 g/mol. The number of hydrogen-bond acceptors (Lipinski definition) is 8. The van der Waals surface area contributed by atoms with Crippen LogP contribution in [0.4, 0.5) is 5.69 Å². The number of nitrogens with zero attached hydrogens (tertiary/aromatic N) is 1. The van der Waals surface area contributed by atoms with Gasteiger partial charge in [-0.15, -0.1) is 0 Å². The number of allylic oxidation sites excluding steroid dienone is 2. The van der Waals surface area contributed by atoms with Crippen LogP contribution >= 0.6 is 0 Å². The van der Waals surface area contributed by atoms with Gasteiger partial charge in [-0.05, 0) is 61.3 Å². The number of benzene rings is 2. The van der Waals surface area contributed by atoms with E-state index < -0.39 is 22.7 Å². The van der Waals surface area contributed by atoms with E-state index in [4.69, 9.17) is 14.2 Å². The number of Topliss-reactive ketones (excluding diaryl/α,β-unsaturated/α-hetero) is 1. The number of esters is 1. The Morgan fingerprint density at radius 2 is 1.77 bits per heavy atom. The number of nitro groups is 1. The summed E-state index contributed by atoms with van der Waals surface area (Å²) in [4.78, 5) is 38.5. The maximum atomic E-state index is 13.8. The van der Waals surface area contributed by atoms with Crippen molar-refractivity contribution in [3.63, 3.8) is 0 Å². The van der Waals surface area contributed by atoms with Gasteiger partial charge in [0.15, 0.2) is 17.3 Å². The van der Waals surface area contributed by atoms with E-state index in [1.54, 1.807) is 26.4 Å². The van der Waals surface area contributed by atoms with E-state index in [0.29, 0.717) is 40.5 Å². The Morgan fingerprint density at radius 3 is 2.46 bits per heavy atom. The van der Waals surface area contributed by atoms with E-state index in [2.05, 4.69) is 11.9 Å². The summed E-state index contributed by atoms with van der Waals surface area (Å²) in [6.45, 7) is 4.16. The van der Waals surface area contributed by atoms with Gasteiger partial charge < -0.3 is 19.5 Å². The monoisotopic (exact) mass is 532 g/mol. The lowest BCUT2D eigenvalue weighted by Crippen LogP contribution is -2.42. The molecule has 1 fully saturated rings. The minimum Gasteiger partial charge on any atom is -0.493 e. The van der Waals surface area contributed by atoms with Crippen molar-refractivity contribution in [1.29, 1.82) is 0 Å². The SMILES string of the molecule is C=C1NC2=C(C(=O)CC(c3ccc(OC)c(OC)c3)C2)C(c2cccc([N+](=O)[O-])c2)C1C(=O)OC1CCCC1. The number of methoxy groups -OCH3 is 2. The molecule has 2 aromatic rings. The molecule has 9 heteroatoms. The quantitative estimate of drug-likeness (QED) is 0.289. The van der Waals surface area contributed by atoms with E-state index in [1.807, 2.05) is 18.2 Å². The number of carbonyl (C=O) groups excluding carboxylic acids is 2. The third kappa shape index (κ3) is 5.13. The van der Waals surface area contributed by atoms with Crippen molar-refractivity contribution in [2.75, 3.05) is 14.2 Å². The first-order chi connectivity index (χ1) is 18.8. The van der Waals surface area contributed by atoms with Crippen LogP contribution in [-0.2, 0) is 14.3 Å². The lowest BCUT2D eigenvalue weighted by molar-refractivity contribution is -0.384. The summed E-state index contributed by atoms with van der Waals surface area (Å²) in [6.07, 6.45) is 4.18. The summed E-state index contributed by atoms with van der Waals surface area (Å²) in [7, 11) is 3.13. The highest BCUT2D eigenvalue weighted by Gasteiger charge is 2.46. The first kappa shape index (κ1) is 26.5. The van der Waals surface area contributed by atoms with Crippen LogP contribution in [0.15, 0.2) is 66.0 Å². The van der Waals surface area contributed by atoms with Gasteiger partial charge in [-0.1, -0.05) is 24.8 Å². The highest BCUT2D eigenvalue weighted by molar-refractivity contribution is 6.01. The van der Waals surface area contributed by atoms with Crippen molar-refractivity contribution in [2.24, 2.45) is 5.92 Å². The number of carbonyl (C=O) groups is 2. The molecule has 204 valence electrons. The smallest absolute Gasteiger partial charge is 0.316 e. The number of ketones is 1. The molecule has 1 aliphatic heterocycles. The molecular weight excluding hydrogens is 500 g/mol. The molecule has 0 aromatic heterocycles. The zero-order chi connectivity index (χ0) is 27.7. The summed E-state index contributed by atoms with van der Waals surface area (Å²) < 4.78 is 16.7. The Labute approximate surface area is 227 Å². The minimum absolute atomic E-state index is 0.104. The van der Waals surface area contributed by atoms with Gasteiger partial charge in [0.05, 0.1) is 19.1 Å².